The lowest BCUT2D eigenvalue weighted by Gasteiger charge is -2.16. The van der Waals surface area contributed by atoms with Gasteiger partial charge in [0.05, 0.1) is 7.11 Å². The van der Waals surface area contributed by atoms with Crippen LogP contribution >= 0.6 is 0 Å². The molecule has 2 aromatic carbocycles. The summed E-state index contributed by atoms with van der Waals surface area (Å²) >= 11 is 0. The first-order chi connectivity index (χ1) is 9.58. The van der Waals surface area contributed by atoms with Crippen LogP contribution in [-0.2, 0) is 6.42 Å². The molecule has 0 saturated carbocycles. The Morgan fingerprint density at radius 1 is 1.15 bits per heavy atom. The standard InChI is InChI=1S/C17H20FNO/c1-12-10-16(8-9-17(12)20-3)19-13(2)11-14-4-6-15(18)7-5-14/h4-10,13,19H,11H2,1-3H3. The molecule has 106 valence electrons. The van der Waals surface area contributed by atoms with Crippen molar-refractivity contribution >= 4 is 5.69 Å². The second kappa shape index (κ2) is 6.42. The van der Waals surface area contributed by atoms with E-state index in [4.69, 9.17) is 4.74 Å². The summed E-state index contributed by atoms with van der Waals surface area (Å²) in [4.78, 5) is 0. The molecule has 0 spiro atoms. The predicted molar refractivity (Wildman–Crippen MR) is 80.9 cm³/mol. The van der Waals surface area contributed by atoms with Crippen molar-refractivity contribution in [1.29, 1.82) is 0 Å². The Morgan fingerprint density at radius 3 is 2.45 bits per heavy atom. The van der Waals surface area contributed by atoms with Crippen LogP contribution in [0.5, 0.6) is 5.75 Å². The molecule has 0 aliphatic heterocycles. The summed E-state index contributed by atoms with van der Waals surface area (Å²) in [5.41, 5.74) is 3.29. The number of hydrogen-bond acceptors (Lipinski definition) is 2. The van der Waals surface area contributed by atoms with E-state index in [-0.39, 0.29) is 11.9 Å². The van der Waals surface area contributed by atoms with E-state index < -0.39 is 0 Å². The highest BCUT2D eigenvalue weighted by molar-refractivity contribution is 5.51. The van der Waals surface area contributed by atoms with Crippen molar-refractivity contribution in [3.63, 3.8) is 0 Å². The number of ether oxygens (including phenoxy) is 1. The van der Waals surface area contributed by atoms with Crippen molar-refractivity contribution in [2.75, 3.05) is 12.4 Å². The van der Waals surface area contributed by atoms with Gasteiger partial charge in [-0.25, -0.2) is 4.39 Å². The topological polar surface area (TPSA) is 21.3 Å². The minimum atomic E-state index is -0.194. The van der Waals surface area contributed by atoms with Crippen LogP contribution in [-0.4, -0.2) is 13.2 Å². The minimum absolute atomic E-state index is 0.194. The van der Waals surface area contributed by atoms with Gasteiger partial charge < -0.3 is 10.1 Å². The van der Waals surface area contributed by atoms with Crippen molar-refractivity contribution in [3.05, 3.63) is 59.4 Å². The average molecular weight is 273 g/mol. The van der Waals surface area contributed by atoms with Crippen LogP contribution in [0.25, 0.3) is 0 Å². The number of rotatable bonds is 5. The van der Waals surface area contributed by atoms with Gasteiger partial charge in [-0.15, -0.1) is 0 Å². The smallest absolute Gasteiger partial charge is 0.123 e. The molecule has 0 saturated heterocycles. The Hall–Kier alpha value is -2.03. The lowest BCUT2D eigenvalue weighted by Crippen LogP contribution is -2.18. The van der Waals surface area contributed by atoms with Crippen molar-refractivity contribution in [1.82, 2.24) is 0 Å². The van der Waals surface area contributed by atoms with Gasteiger partial charge in [0.15, 0.2) is 0 Å². The fourth-order valence-electron chi connectivity index (χ4n) is 2.28. The van der Waals surface area contributed by atoms with E-state index in [1.54, 1.807) is 7.11 Å². The molecule has 0 aromatic heterocycles. The Kier molecular flexibility index (Phi) is 4.61. The molecule has 0 bridgehead atoms. The molecule has 3 heteroatoms. The maximum absolute atomic E-state index is 12.9. The maximum atomic E-state index is 12.9. The first-order valence-corrected chi connectivity index (χ1v) is 6.74. The fourth-order valence-corrected chi connectivity index (χ4v) is 2.28. The van der Waals surface area contributed by atoms with Crippen LogP contribution in [0.2, 0.25) is 0 Å². The van der Waals surface area contributed by atoms with Gasteiger partial charge in [0.1, 0.15) is 11.6 Å². The minimum Gasteiger partial charge on any atom is -0.496 e. The summed E-state index contributed by atoms with van der Waals surface area (Å²) in [6, 6.07) is 13.0. The molecular weight excluding hydrogens is 253 g/mol. The van der Waals surface area contributed by atoms with Gasteiger partial charge in [-0.05, 0) is 61.7 Å². The molecule has 1 unspecified atom stereocenters. The molecule has 0 aliphatic carbocycles. The van der Waals surface area contributed by atoms with E-state index in [1.807, 2.05) is 31.2 Å². The number of methoxy groups -OCH3 is 1. The Morgan fingerprint density at radius 2 is 1.85 bits per heavy atom. The zero-order valence-corrected chi connectivity index (χ0v) is 12.1. The molecule has 0 heterocycles. The number of aryl methyl sites for hydroxylation is 1. The highest BCUT2D eigenvalue weighted by atomic mass is 19.1. The highest BCUT2D eigenvalue weighted by Crippen LogP contribution is 2.22. The first kappa shape index (κ1) is 14.4. The third kappa shape index (κ3) is 3.73. The molecule has 20 heavy (non-hydrogen) atoms. The molecular formula is C17H20FNO. The van der Waals surface area contributed by atoms with Crippen LogP contribution in [0.15, 0.2) is 42.5 Å². The van der Waals surface area contributed by atoms with Gasteiger partial charge in [0, 0.05) is 11.7 Å². The van der Waals surface area contributed by atoms with Gasteiger partial charge in [-0.2, -0.15) is 0 Å². The second-order valence-electron chi connectivity index (χ2n) is 5.06. The van der Waals surface area contributed by atoms with Gasteiger partial charge in [-0.3, -0.25) is 0 Å². The maximum Gasteiger partial charge on any atom is 0.123 e. The zero-order valence-electron chi connectivity index (χ0n) is 12.1. The average Bonchev–Trinajstić information content (AvgIpc) is 2.41. The summed E-state index contributed by atoms with van der Waals surface area (Å²) in [6.45, 7) is 4.14. The van der Waals surface area contributed by atoms with Crippen LogP contribution in [0.3, 0.4) is 0 Å². The van der Waals surface area contributed by atoms with Crippen LogP contribution in [0.1, 0.15) is 18.1 Å². The number of benzene rings is 2. The molecule has 0 fully saturated rings. The Balaban J connectivity index is 1.99. The summed E-state index contributed by atoms with van der Waals surface area (Å²) in [7, 11) is 1.67. The second-order valence-corrected chi connectivity index (χ2v) is 5.06. The van der Waals surface area contributed by atoms with Crippen molar-refractivity contribution < 1.29 is 9.13 Å². The largest absolute Gasteiger partial charge is 0.496 e. The van der Waals surface area contributed by atoms with Crippen molar-refractivity contribution in [3.8, 4) is 5.75 Å². The Bertz CT molecular complexity index is 566. The molecule has 2 rings (SSSR count). The lowest BCUT2D eigenvalue weighted by atomic mass is 10.1. The molecule has 2 nitrogen and oxygen atoms in total. The molecule has 0 amide bonds. The van der Waals surface area contributed by atoms with Crippen LogP contribution < -0.4 is 10.1 Å². The van der Waals surface area contributed by atoms with Crippen molar-refractivity contribution in [2.24, 2.45) is 0 Å². The fraction of sp³-hybridized carbons (Fsp3) is 0.294. The predicted octanol–water partition coefficient (Wildman–Crippen LogP) is 4.19. The van der Waals surface area contributed by atoms with E-state index in [2.05, 4.69) is 18.3 Å². The molecule has 1 N–H and O–H groups in total. The molecule has 2 aromatic rings. The van der Waals surface area contributed by atoms with Crippen molar-refractivity contribution in [2.45, 2.75) is 26.3 Å². The van der Waals surface area contributed by atoms with Gasteiger partial charge >= 0.3 is 0 Å². The number of anilines is 1. The summed E-state index contributed by atoms with van der Waals surface area (Å²) in [6.07, 6.45) is 0.853. The number of halogens is 1. The monoisotopic (exact) mass is 273 g/mol. The van der Waals surface area contributed by atoms with E-state index in [9.17, 15) is 4.39 Å². The summed E-state index contributed by atoms with van der Waals surface area (Å²) < 4.78 is 18.1. The van der Waals surface area contributed by atoms with Gasteiger partial charge in [-0.1, -0.05) is 12.1 Å². The SMILES string of the molecule is COc1ccc(NC(C)Cc2ccc(F)cc2)cc1C. The molecule has 1 atom stereocenters. The van der Waals surface area contributed by atoms with Gasteiger partial charge in [0.2, 0.25) is 0 Å². The molecule has 0 aliphatic rings. The molecule has 0 radical (unpaired) electrons. The third-order valence-corrected chi connectivity index (χ3v) is 3.26. The van der Waals surface area contributed by atoms with Crippen LogP contribution in [0, 0.1) is 12.7 Å². The zero-order chi connectivity index (χ0) is 14.5. The van der Waals surface area contributed by atoms with Gasteiger partial charge in [0.25, 0.3) is 0 Å². The number of nitrogens with one attached hydrogen (secondary N) is 1. The first-order valence-electron chi connectivity index (χ1n) is 6.74. The lowest BCUT2D eigenvalue weighted by molar-refractivity contribution is 0.412. The van der Waals surface area contributed by atoms with E-state index in [0.29, 0.717) is 0 Å². The quantitative estimate of drug-likeness (QED) is 0.882. The summed E-state index contributed by atoms with van der Waals surface area (Å²) in [5, 5.41) is 3.45. The normalized spacial score (nSPS) is 12.0. The Labute approximate surface area is 119 Å². The van der Waals surface area contributed by atoms with E-state index in [1.165, 1.54) is 12.1 Å². The highest BCUT2D eigenvalue weighted by Gasteiger charge is 2.05. The van der Waals surface area contributed by atoms with E-state index in [0.717, 1.165) is 29.0 Å². The van der Waals surface area contributed by atoms with E-state index >= 15 is 0 Å². The number of hydrogen-bond donors (Lipinski definition) is 1. The third-order valence-electron chi connectivity index (χ3n) is 3.26. The van der Waals surface area contributed by atoms with Crippen LogP contribution in [0.4, 0.5) is 10.1 Å². The summed E-state index contributed by atoms with van der Waals surface area (Å²) in [5.74, 6) is 0.696.